The summed E-state index contributed by atoms with van der Waals surface area (Å²) in [5.74, 6) is 0.198. The standard InChI is InChI=1S/C20H24N6O3/c1-19(2,3)29-18(27)25-5-4-20(12-25)16-9-15(24-26(16)6-7-28-20)14-8-13(10-21)17(22)23-11-14/h8-9,11H,4-7,12H2,1-3H3,(H2,22,23)/t20-/m0/s1. The first-order valence-corrected chi connectivity index (χ1v) is 9.57. The molecule has 0 radical (unpaired) electrons. The number of amides is 1. The average Bonchev–Trinajstić information content (AvgIpc) is 3.27. The molecule has 0 aromatic carbocycles. The highest BCUT2D eigenvalue weighted by Crippen LogP contribution is 2.40. The molecule has 0 saturated carbocycles. The quantitative estimate of drug-likeness (QED) is 0.785. The van der Waals surface area contributed by atoms with Crippen LogP contribution in [0.1, 0.15) is 38.4 Å². The van der Waals surface area contributed by atoms with Crippen LogP contribution < -0.4 is 5.73 Å². The number of hydrogen-bond donors (Lipinski definition) is 1. The highest BCUT2D eigenvalue weighted by atomic mass is 16.6. The highest BCUT2D eigenvalue weighted by molar-refractivity contribution is 5.69. The van der Waals surface area contributed by atoms with Crippen molar-refractivity contribution in [3.8, 4) is 17.3 Å². The van der Waals surface area contributed by atoms with Gasteiger partial charge in [-0.3, -0.25) is 4.68 Å². The van der Waals surface area contributed by atoms with Gasteiger partial charge in [0.15, 0.2) is 0 Å². The number of aromatic nitrogens is 3. The summed E-state index contributed by atoms with van der Waals surface area (Å²) in [6, 6.07) is 5.68. The van der Waals surface area contributed by atoms with Crippen LogP contribution in [0.2, 0.25) is 0 Å². The van der Waals surface area contributed by atoms with Crippen molar-refractivity contribution in [1.82, 2.24) is 19.7 Å². The first-order chi connectivity index (χ1) is 13.7. The lowest BCUT2D eigenvalue weighted by atomic mass is 9.96. The van der Waals surface area contributed by atoms with E-state index in [9.17, 15) is 10.1 Å². The van der Waals surface area contributed by atoms with Gasteiger partial charge in [-0.15, -0.1) is 0 Å². The number of pyridine rings is 1. The van der Waals surface area contributed by atoms with Gasteiger partial charge < -0.3 is 20.1 Å². The molecule has 29 heavy (non-hydrogen) atoms. The Labute approximate surface area is 169 Å². The van der Waals surface area contributed by atoms with Crippen molar-refractivity contribution in [2.24, 2.45) is 0 Å². The largest absolute Gasteiger partial charge is 0.444 e. The third-order valence-corrected chi connectivity index (χ3v) is 5.15. The monoisotopic (exact) mass is 396 g/mol. The molecule has 9 heteroatoms. The minimum atomic E-state index is -0.611. The lowest BCUT2D eigenvalue weighted by Gasteiger charge is -2.34. The molecule has 2 aliphatic rings. The van der Waals surface area contributed by atoms with Crippen molar-refractivity contribution < 1.29 is 14.3 Å². The Morgan fingerprint density at radius 1 is 1.38 bits per heavy atom. The number of anilines is 1. The van der Waals surface area contributed by atoms with Crippen LogP contribution in [0, 0.1) is 11.3 Å². The molecule has 1 amide bonds. The molecular weight excluding hydrogens is 372 g/mol. The fourth-order valence-electron chi connectivity index (χ4n) is 3.79. The zero-order chi connectivity index (χ0) is 20.8. The van der Waals surface area contributed by atoms with Crippen LogP contribution in [0.15, 0.2) is 18.3 Å². The van der Waals surface area contributed by atoms with Crippen LogP contribution in [-0.2, 0) is 21.6 Å². The number of nitrogens with two attached hydrogens (primary N) is 1. The maximum atomic E-state index is 12.5. The van der Waals surface area contributed by atoms with Gasteiger partial charge in [0.2, 0.25) is 0 Å². The summed E-state index contributed by atoms with van der Waals surface area (Å²) in [6.45, 7) is 7.66. The number of rotatable bonds is 1. The molecule has 4 heterocycles. The lowest BCUT2D eigenvalue weighted by Crippen LogP contribution is -2.43. The molecule has 0 aliphatic carbocycles. The van der Waals surface area contributed by atoms with E-state index in [1.54, 1.807) is 17.2 Å². The predicted molar refractivity (Wildman–Crippen MR) is 105 cm³/mol. The number of likely N-dealkylation sites (tertiary alicyclic amines) is 1. The summed E-state index contributed by atoms with van der Waals surface area (Å²) in [5, 5.41) is 13.9. The Hall–Kier alpha value is -3.12. The molecule has 2 aliphatic heterocycles. The number of nitriles is 1. The summed E-state index contributed by atoms with van der Waals surface area (Å²) in [7, 11) is 0. The third kappa shape index (κ3) is 3.51. The number of nitrogen functional groups attached to an aromatic ring is 1. The molecule has 152 valence electrons. The van der Waals surface area contributed by atoms with Crippen molar-refractivity contribution in [1.29, 1.82) is 5.26 Å². The lowest BCUT2D eigenvalue weighted by molar-refractivity contribution is -0.0727. The predicted octanol–water partition coefficient (Wildman–Crippen LogP) is 2.27. The van der Waals surface area contributed by atoms with Gasteiger partial charge in [-0.1, -0.05) is 0 Å². The third-order valence-electron chi connectivity index (χ3n) is 5.15. The van der Waals surface area contributed by atoms with Gasteiger partial charge in [-0.2, -0.15) is 10.4 Å². The van der Waals surface area contributed by atoms with Crippen molar-refractivity contribution in [3.63, 3.8) is 0 Å². The smallest absolute Gasteiger partial charge is 0.410 e. The molecule has 1 fully saturated rings. The number of nitrogens with zero attached hydrogens (tertiary/aromatic N) is 5. The summed E-state index contributed by atoms with van der Waals surface area (Å²) in [4.78, 5) is 18.3. The Morgan fingerprint density at radius 2 is 2.17 bits per heavy atom. The number of carbonyl (C=O) groups excluding carboxylic acids is 1. The molecule has 0 bridgehead atoms. The molecule has 1 saturated heterocycles. The summed E-state index contributed by atoms with van der Waals surface area (Å²) >= 11 is 0. The van der Waals surface area contributed by atoms with E-state index in [-0.39, 0.29) is 11.9 Å². The van der Waals surface area contributed by atoms with E-state index in [1.165, 1.54) is 0 Å². The van der Waals surface area contributed by atoms with Crippen molar-refractivity contribution >= 4 is 11.9 Å². The van der Waals surface area contributed by atoms with Gasteiger partial charge in [0.25, 0.3) is 0 Å². The number of ether oxygens (including phenoxy) is 2. The van der Waals surface area contributed by atoms with E-state index in [0.29, 0.717) is 43.9 Å². The van der Waals surface area contributed by atoms with E-state index in [0.717, 1.165) is 11.3 Å². The maximum Gasteiger partial charge on any atom is 0.410 e. The van der Waals surface area contributed by atoms with Gasteiger partial charge in [0.05, 0.1) is 36.6 Å². The summed E-state index contributed by atoms with van der Waals surface area (Å²) in [6.07, 6.45) is 1.94. The molecule has 2 aromatic heterocycles. The molecule has 2 N–H and O–H groups in total. The Morgan fingerprint density at radius 3 is 2.90 bits per heavy atom. The first-order valence-electron chi connectivity index (χ1n) is 9.57. The zero-order valence-electron chi connectivity index (χ0n) is 16.8. The Balaban J connectivity index is 1.63. The van der Waals surface area contributed by atoms with Gasteiger partial charge in [0.1, 0.15) is 23.1 Å². The number of hydrogen-bond acceptors (Lipinski definition) is 7. The van der Waals surface area contributed by atoms with Crippen LogP contribution in [0.5, 0.6) is 0 Å². The van der Waals surface area contributed by atoms with Crippen molar-refractivity contribution in [3.05, 3.63) is 29.6 Å². The molecule has 4 rings (SSSR count). The second-order valence-corrected chi connectivity index (χ2v) is 8.40. The topological polar surface area (TPSA) is 119 Å². The van der Waals surface area contributed by atoms with Crippen LogP contribution in [0.4, 0.5) is 10.6 Å². The van der Waals surface area contributed by atoms with Crippen LogP contribution >= 0.6 is 0 Å². The minimum absolute atomic E-state index is 0.198. The number of fused-ring (bicyclic) bond motifs is 2. The Kier molecular flexibility index (Phi) is 4.46. The molecule has 9 nitrogen and oxygen atoms in total. The van der Waals surface area contributed by atoms with Crippen LogP contribution in [0.25, 0.3) is 11.3 Å². The average molecular weight is 396 g/mol. The fourth-order valence-corrected chi connectivity index (χ4v) is 3.79. The molecule has 2 aromatic rings. The molecule has 0 unspecified atom stereocenters. The Bertz CT molecular complexity index is 1000. The van der Waals surface area contributed by atoms with Gasteiger partial charge in [-0.25, -0.2) is 9.78 Å². The van der Waals surface area contributed by atoms with Crippen molar-refractivity contribution in [2.45, 2.75) is 44.9 Å². The molecule has 1 atom stereocenters. The van der Waals surface area contributed by atoms with Gasteiger partial charge >= 0.3 is 6.09 Å². The zero-order valence-corrected chi connectivity index (χ0v) is 16.8. The normalized spacial score (nSPS) is 21.1. The second-order valence-electron chi connectivity index (χ2n) is 8.40. The van der Waals surface area contributed by atoms with E-state index < -0.39 is 11.2 Å². The molecule has 1 spiro atoms. The molecular formula is C20H24N6O3. The van der Waals surface area contributed by atoms with Crippen LogP contribution in [-0.4, -0.2) is 51.1 Å². The first kappa shape index (κ1) is 19.2. The van der Waals surface area contributed by atoms with Crippen LogP contribution in [0.3, 0.4) is 0 Å². The highest BCUT2D eigenvalue weighted by Gasteiger charge is 2.47. The van der Waals surface area contributed by atoms with E-state index in [2.05, 4.69) is 10.1 Å². The van der Waals surface area contributed by atoms with E-state index in [1.807, 2.05) is 37.6 Å². The summed E-state index contributed by atoms with van der Waals surface area (Å²) in [5.41, 5.74) is 7.22. The van der Waals surface area contributed by atoms with Gasteiger partial charge in [0, 0.05) is 24.7 Å². The van der Waals surface area contributed by atoms with Crippen molar-refractivity contribution in [2.75, 3.05) is 25.4 Å². The second kappa shape index (κ2) is 6.74. The van der Waals surface area contributed by atoms with E-state index >= 15 is 0 Å². The minimum Gasteiger partial charge on any atom is -0.444 e. The van der Waals surface area contributed by atoms with Gasteiger partial charge in [-0.05, 0) is 32.9 Å². The fraction of sp³-hybridized carbons (Fsp3) is 0.500. The maximum absolute atomic E-state index is 12.5. The SMILES string of the molecule is CC(C)(C)OC(=O)N1CC[C@@]2(C1)OCCn1nc(-c3cnc(N)c(C#N)c3)cc12. The summed E-state index contributed by atoms with van der Waals surface area (Å²) < 4.78 is 13.6. The number of carbonyl (C=O) groups is 1. The van der Waals surface area contributed by atoms with E-state index in [4.69, 9.17) is 15.2 Å².